The van der Waals surface area contributed by atoms with E-state index in [1.165, 1.54) is 6.92 Å². The van der Waals surface area contributed by atoms with Crippen LogP contribution in [-0.2, 0) is 30.3 Å². The van der Waals surface area contributed by atoms with E-state index >= 15 is 0 Å². The normalized spacial score (nSPS) is 25.6. The van der Waals surface area contributed by atoms with E-state index in [1.54, 1.807) is 6.92 Å². The van der Waals surface area contributed by atoms with Crippen LogP contribution in [0.2, 0.25) is 0 Å². The molecule has 1 unspecified atom stereocenters. The van der Waals surface area contributed by atoms with Gasteiger partial charge in [-0.1, -0.05) is 50.6 Å². The van der Waals surface area contributed by atoms with Crippen molar-refractivity contribution in [3.63, 3.8) is 0 Å². The first-order valence-electron chi connectivity index (χ1n) is 9.80. The van der Waals surface area contributed by atoms with Gasteiger partial charge in [-0.05, 0) is 18.4 Å². The standard InChI is InChI=1S/C21H31NO6/c1-5-14(2)12-25-19-11-18(20(15(3)27-19)28-16(4)23)22-21(24)26-13-17-9-7-6-8-10-17/h6-10,14-15,18-20H,5,11-13H2,1-4H3,(H,22,24)/t14?,15-,18+,19+,20-/m0/s1. The maximum atomic E-state index is 12.3. The Hall–Kier alpha value is -2.12. The van der Waals surface area contributed by atoms with E-state index in [0.29, 0.717) is 18.9 Å². The molecule has 28 heavy (non-hydrogen) atoms. The van der Waals surface area contributed by atoms with E-state index in [-0.39, 0.29) is 6.61 Å². The van der Waals surface area contributed by atoms with Crippen molar-refractivity contribution < 1.29 is 28.5 Å². The molecule has 1 heterocycles. The lowest BCUT2D eigenvalue weighted by Crippen LogP contribution is -2.56. The monoisotopic (exact) mass is 393 g/mol. The first-order chi connectivity index (χ1) is 13.4. The molecular weight excluding hydrogens is 362 g/mol. The van der Waals surface area contributed by atoms with Crippen LogP contribution < -0.4 is 5.32 Å². The van der Waals surface area contributed by atoms with Gasteiger partial charge in [-0.2, -0.15) is 0 Å². The number of carbonyl (C=O) groups is 2. The van der Waals surface area contributed by atoms with Gasteiger partial charge in [-0.3, -0.25) is 4.79 Å². The van der Waals surface area contributed by atoms with Crippen molar-refractivity contribution in [1.82, 2.24) is 5.32 Å². The average Bonchev–Trinajstić information content (AvgIpc) is 2.67. The van der Waals surface area contributed by atoms with E-state index < -0.39 is 36.6 Å². The van der Waals surface area contributed by atoms with Crippen LogP contribution in [0.3, 0.4) is 0 Å². The number of hydrogen-bond donors (Lipinski definition) is 1. The largest absolute Gasteiger partial charge is 0.458 e. The van der Waals surface area contributed by atoms with Gasteiger partial charge in [0.15, 0.2) is 6.29 Å². The van der Waals surface area contributed by atoms with Gasteiger partial charge in [0.1, 0.15) is 12.7 Å². The fraction of sp³-hybridized carbons (Fsp3) is 0.619. The summed E-state index contributed by atoms with van der Waals surface area (Å²) in [4.78, 5) is 23.8. The predicted octanol–water partition coefficient (Wildman–Crippen LogP) is 3.41. The van der Waals surface area contributed by atoms with Gasteiger partial charge in [-0.15, -0.1) is 0 Å². The molecule has 1 aromatic rings. The summed E-state index contributed by atoms with van der Waals surface area (Å²) >= 11 is 0. The molecule has 0 spiro atoms. The minimum atomic E-state index is -0.606. The molecule has 156 valence electrons. The van der Waals surface area contributed by atoms with Gasteiger partial charge < -0.3 is 24.3 Å². The van der Waals surface area contributed by atoms with Crippen molar-refractivity contribution in [2.24, 2.45) is 5.92 Å². The Balaban J connectivity index is 1.95. The molecule has 1 N–H and O–H groups in total. The third kappa shape index (κ3) is 7.13. The minimum absolute atomic E-state index is 0.164. The Morgan fingerprint density at radius 1 is 1.29 bits per heavy atom. The molecule has 7 nitrogen and oxygen atoms in total. The van der Waals surface area contributed by atoms with E-state index in [2.05, 4.69) is 19.2 Å². The molecular formula is C21H31NO6. The molecule has 2 rings (SSSR count). The van der Waals surface area contributed by atoms with Gasteiger partial charge in [0.05, 0.1) is 18.8 Å². The van der Waals surface area contributed by atoms with Crippen molar-refractivity contribution in [2.45, 2.75) is 71.7 Å². The van der Waals surface area contributed by atoms with Crippen molar-refractivity contribution in [2.75, 3.05) is 6.61 Å². The van der Waals surface area contributed by atoms with E-state index in [4.69, 9.17) is 18.9 Å². The summed E-state index contributed by atoms with van der Waals surface area (Å²) in [6.07, 6.45) is -0.689. The van der Waals surface area contributed by atoms with E-state index in [9.17, 15) is 9.59 Å². The molecule has 1 aliphatic rings. The van der Waals surface area contributed by atoms with Crippen molar-refractivity contribution >= 4 is 12.1 Å². The molecule has 0 bridgehead atoms. The maximum Gasteiger partial charge on any atom is 0.407 e. The Labute approximate surface area is 166 Å². The first-order valence-corrected chi connectivity index (χ1v) is 9.80. The third-order valence-corrected chi connectivity index (χ3v) is 4.75. The Kier molecular flexibility index (Phi) is 8.73. The number of nitrogens with one attached hydrogen (secondary N) is 1. The molecule has 0 radical (unpaired) electrons. The minimum Gasteiger partial charge on any atom is -0.458 e. The second kappa shape index (κ2) is 11.0. The number of carbonyl (C=O) groups excluding carboxylic acids is 2. The molecule has 1 amide bonds. The quantitative estimate of drug-likeness (QED) is 0.682. The van der Waals surface area contributed by atoms with Crippen LogP contribution in [0.15, 0.2) is 30.3 Å². The van der Waals surface area contributed by atoms with E-state index in [0.717, 1.165) is 12.0 Å². The first kappa shape index (κ1) is 22.2. The van der Waals surface area contributed by atoms with Gasteiger partial charge in [-0.25, -0.2) is 4.79 Å². The lowest BCUT2D eigenvalue weighted by molar-refractivity contribution is -0.234. The van der Waals surface area contributed by atoms with Crippen LogP contribution >= 0.6 is 0 Å². The van der Waals surface area contributed by atoms with Crippen LogP contribution in [-0.4, -0.2) is 43.2 Å². The molecule has 1 fully saturated rings. The topological polar surface area (TPSA) is 83.1 Å². The molecule has 1 aromatic carbocycles. The fourth-order valence-corrected chi connectivity index (χ4v) is 2.96. The van der Waals surface area contributed by atoms with Gasteiger partial charge in [0, 0.05) is 13.3 Å². The smallest absolute Gasteiger partial charge is 0.407 e. The molecule has 1 saturated heterocycles. The Bertz CT molecular complexity index is 623. The summed E-state index contributed by atoms with van der Waals surface area (Å²) in [7, 11) is 0. The summed E-state index contributed by atoms with van der Waals surface area (Å²) in [6, 6.07) is 8.96. The average molecular weight is 393 g/mol. The highest BCUT2D eigenvalue weighted by atomic mass is 16.7. The maximum absolute atomic E-state index is 12.3. The number of amides is 1. The molecule has 1 aliphatic heterocycles. The fourth-order valence-electron chi connectivity index (χ4n) is 2.96. The summed E-state index contributed by atoms with van der Waals surface area (Å²) < 4.78 is 22.4. The Morgan fingerprint density at radius 2 is 2.00 bits per heavy atom. The zero-order valence-electron chi connectivity index (χ0n) is 17.1. The van der Waals surface area contributed by atoms with Gasteiger partial charge >= 0.3 is 12.1 Å². The SMILES string of the molecule is CCC(C)CO[C@H]1C[C@@H](NC(=O)OCc2ccccc2)[C@@H](OC(C)=O)[C@H](C)O1. The predicted molar refractivity (Wildman–Crippen MR) is 103 cm³/mol. The van der Waals surface area contributed by atoms with E-state index in [1.807, 2.05) is 30.3 Å². The lowest BCUT2D eigenvalue weighted by atomic mass is 9.99. The molecule has 7 heteroatoms. The van der Waals surface area contributed by atoms with Crippen LogP contribution in [0.25, 0.3) is 0 Å². The summed E-state index contributed by atoms with van der Waals surface area (Å²) in [5.41, 5.74) is 0.893. The summed E-state index contributed by atoms with van der Waals surface area (Å²) in [6.45, 7) is 8.07. The van der Waals surface area contributed by atoms with Crippen molar-refractivity contribution in [1.29, 1.82) is 0 Å². The number of ether oxygens (including phenoxy) is 4. The van der Waals surface area contributed by atoms with Crippen LogP contribution in [0.1, 0.15) is 46.1 Å². The van der Waals surface area contributed by atoms with Gasteiger partial charge in [0.25, 0.3) is 0 Å². The highest BCUT2D eigenvalue weighted by molar-refractivity contribution is 5.68. The summed E-state index contributed by atoms with van der Waals surface area (Å²) in [5, 5.41) is 2.81. The lowest BCUT2D eigenvalue weighted by Gasteiger charge is -2.39. The summed E-state index contributed by atoms with van der Waals surface area (Å²) in [5.74, 6) is -0.0174. The number of hydrogen-bond acceptors (Lipinski definition) is 6. The number of alkyl carbamates (subject to hydrolysis) is 1. The molecule has 5 atom stereocenters. The number of benzene rings is 1. The molecule has 0 aliphatic carbocycles. The van der Waals surface area contributed by atoms with Gasteiger partial charge in [0.2, 0.25) is 0 Å². The third-order valence-electron chi connectivity index (χ3n) is 4.75. The zero-order valence-corrected chi connectivity index (χ0v) is 17.1. The highest BCUT2D eigenvalue weighted by Gasteiger charge is 2.40. The number of esters is 1. The second-order valence-electron chi connectivity index (χ2n) is 7.24. The van der Waals surface area contributed by atoms with Crippen LogP contribution in [0, 0.1) is 5.92 Å². The molecule has 0 saturated carbocycles. The Morgan fingerprint density at radius 3 is 2.64 bits per heavy atom. The van der Waals surface area contributed by atoms with Crippen molar-refractivity contribution in [3.8, 4) is 0 Å². The highest BCUT2D eigenvalue weighted by Crippen LogP contribution is 2.24. The van der Waals surface area contributed by atoms with Crippen LogP contribution in [0.5, 0.6) is 0 Å². The van der Waals surface area contributed by atoms with Crippen molar-refractivity contribution in [3.05, 3.63) is 35.9 Å². The van der Waals surface area contributed by atoms with Crippen LogP contribution in [0.4, 0.5) is 4.79 Å². The zero-order chi connectivity index (χ0) is 20.5. The number of rotatable bonds is 8. The molecule has 0 aromatic heterocycles. The second-order valence-corrected chi connectivity index (χ2v) is 7.24.